The molecule has 0 bridgehead atoms. The normalized spacial score (nSPS) is 15.8. The minimum atomic E-state index is -0.410. The van der Waals surface area contributed by atoms with Gasteiger partial charge in [-0.05, 0) is 42.2 Å². The van der Waals surface area contributed by atoms with E-state index in [1.54, 1.807) is 0 Å². The highest BCUT2D eigenvalue weighted by Crippen LogP contribution is 2.27. The van der Waals surface area contributed by atoms with E-state index in [0.29, 0.717) is 13.0 Å². The number of aliphatic imine (C=N–C) groups is 1. The first-order chi connectivity index (χ1) is 15.2. The van der Waals surface area contributed by atoms with Crippen LogP contribution in [0.4, 0.5) is 5.69 Å². The summed E-state index contributed by atoms with van der Waals surface area (Å²) in [5.41, 5.74) is 4.43. The molecule has 0 aromatic heterocycles. The zero-order valence-corrected chi connectivity index (χ0v) is 18.2. The molecule has 4 nitrogen and oxygen atoms in total. The summed E-state index contributed by atoms with van der Waals surface area (Å²) in [5, 5.41) is 0. The molecule has 1 amide bonds. The van der Waals surface area contributed by atoms with Crippen LogP contribution in [0.25, 0.3) is 0 Å². The van der Waals surface area contributed by atoms with Crippen molar-refractivity contribution in [3.05, 3.63) is 102 Å². The molecule has 0 spiro atoms. The Labute approximate surface area is 184 Å². The van der Waals surface area contributed by atoms with Crippen molar-refractivity contribution in [2.75, 3.05) is 11.4 Å². The summed E-state index contributed by atoms with van der Waals surface area (Å²) in [5.74, 6) is 0.782. The predicted molar refractivity (Wildman–Crippen MR) is 127 cm³/mol. The maximum Gasteiger partial charge on any atom is 0.259 e. The average molecular weight is 412 g/mol. The van der Waals surface area contributed by atoms with E-state index in [2.05, 4.69) is 55.1 Å². The third-order valence-corrected chi connectivity index (χ3v) is 5.71. The number of carbonyl (C=O) groups is 1. The van der Waals surface area contributed by atoms with E-state index in [-0.39, 0.29) is 5.91 Å². The Morgan fingerprint density at radius 2 is 1.48 bits per heavy atom. The van der Waals surface area contributed by atoms with Crippen LogP contribution in [0.1, 0.15) is 30.5 Å². The molecule has 158 valence electrons. The van der Waals surface area contributed by atoms with Gasteiger partial charge in [-0.15, -0.1) is 0 Å². The van der Waals surface area contributed by atoms with E-state index in [4.69, 9.17) is 4.99 Å². The van der Waals surface area contributed by atoms with E-state index in [1.807, 2.05) is 53.4 Å². The fourth-order valence-corrected chi connectivity index (χ4v) is 3.98. The Morgan fingerprint density at radius 3 is 2.13 bits per heavy atom. The van der Waals surface area contributed by atoms with Gasteiger partial charge in [0.05, 0.1) is 5.69 Å². The lowest BCUT2D eigenvalue weighted by Gasteiger charge is -2.29. The molecular formula is C27H29N3O. The summed E-state index contributed by atoms with van der Waals surface area (Å²) in [6, 6.07) is 28.3. The number of aryl methyl sites for hydroxylation is 1. The lowest BCUT2D eigenvalue weighted by Crippen LogP contribution is -2.44. The smallest absolute Gasteiger partial charge is 0.259 e. The highest BCUT2D eigenvalue weighted by Gasteiger charge is 2.38. The number of carbonyl (C=O) groups excluding carboxylic acids is 1. The van der Waals surface area contributed by atoms with Gasteiger partial charge in [0, 0.05) is 19.5 Å². The third kappa shape index (κ3) is 4.69. The molecule has 0 saturated carbocycles. The first-order valence-corrected chi connectivity index (χ1v) is 11.0. The highest BCUT2D eigenvalue weighted by atomic mass is 16.2. The van der Waals surface area contributed by atoms with Crippen LogP contribution >= 0.6 is 0 Å². The first-order valence-electron chi connectivity index (χ1n) is 11.0. The third-order valence-electron chi connectivity index (χ3n) is 5.71. The second kappa shape index (κ2) is 9.61. The van der Waals surface area contributed by atoms with Gasteiger partial charge in [-0.3, -0.25) is 4.79 Å². The van der Waals surface area contributed by atoms with Crippen molar-refractivity contribution in [1.82, 2.24) is 4.90 Å². The van der Waals surface area contributed by atoms with Gasteiger partial charge in [-0.1, -0.05) is 79.7 Å². The Kier molecular flexibility index (Phi) is 6.46. The average Bonchev–Trinajstić information content (AvgIpc) is 3.14. The summed E-state index contributed by atoms with van der Waals surface area (Å²) in [4.78, 5) is 22.6. The van der Waals surface area contributed by atoms with Crippen LogP contribution in [0, 0.1) is 0 Å². The van der Waals surface area contributed by atoms with E-state index < -0.39 is 6.04 Å². The van der Waals surface area contributed by atoms with Crippen molar-refractivity contribution in [3.8, 4) is 0 Å². The van der Waals surface area contributed by atoms with Gasteiger partial charge < -0.3 is 4.90 Å². The molecule has 3 aromatic rings. The van der Waals surface area contributed by atoms with Gasteiger partial charge in [-0.25, -0.2) is 9.89 Å². The van der Waals surface area contributed by atoms with Crippen LogP contribution in [0.2, 0.25) is 0 Å². The highest BCUT2D eigenvalue weighted by molar-refractivity contribution is 6.22. The number of benzene rings is 3. The van der Waals surface area contributed by atoms with Gasteiger partial charge in [-0.2, -0.15) is 0 Å². The van der Waals surface area contributed by atoms with Crippen molar-refractivity contribution in [1.29, 1.82) is 0 Å². The monoisotopic (exact) mass is 411 g/mol. The molecule has 0 saturated heterocycles. The maximum absolute atomic E-state index is 13.6. The zero-order chi connectivity index (χ0) is 21.6. The number of amides is 1. The lowest BCUT2D eigenvalue weighted by molar-refractivity contribution is -0.118. The summed E-state index contributed by atoms with van der Waals surface area (Å²) < 4.78 is 0. The molecule has 0 radical (unpaired) electrons. The molecule has 1 atom stereocenters. The number of hydrogen-bond acceptors (Lipinski definition) is 3. The van der Waals surface area contributed by atoms with Crippen LogP contribution in [-0.2, 0) is 24.2 Å². The standard InChI is InChI=1S/C27H29N3O/c1-3-21-16-11-17-24(18-21)30-26(31)25(19-22-12-7-5-8-13-22)28-27(30)29(4-2)20-23-14-9-6-10-15-23/h5-18,25H,3-4,19-20H2,1-2H3. The van der Waals surface area contributed by atoms with Gasteiger partial charge >= 0.3 is 0 Å². The minimum absolute atomic E-state index is 0.0404. The van der Waals surface area contributed by atoms with Gasteiger partial charge in [0.15, 0.2) is 0 Å². The van der Waals surface area contributed by atoms with Crippen LogP contribution < -0.4 is 4.90 Å². The minimum Gasteiger partial charge on any atom is -0.338 e. The molecule has 0 aliphatic carbocycles. The summed E-state index contributed by atoms with van der Waals surface area (Å²) in [6.45, 7) is 5.72. The fourth-order valence-electron chi connectivity index (χ4n) is 3.98. The molecule has 4 rings (SSSR count). The molecule has 1 aliphatic heterocycles. The summed E-state index contributed by atoms with van der Waals surface area (Å²) in [7, 11) is 0. The molecule has 31 heavy (non-hydrogen) atoms. The predicted octanol–water partition coefficient (Wildman–Crippen LogP) is 5.09. The SMILES string of the molecule is CCc1cccc(N2C(=O)C(Cc3ccccc3)N=C2N(CC)Cc2ccccc2)c1. The second-order valence-electron chi connectivity index (χ2n) is 7.83. The van der Waals surface area contributed by atoms with E-state index in [1.165, 1.54) is 11.1 Å². The van der Waals surface area contributed by atoms with Crippen LogP contribution in [0.15, 0.2) is 89.9 Å². The molecule has 1 unspecified atom stereocenters. The summed E-state index contributed by atoms with van der Waals surface area (Å²) >= 11 is 0. The van der Waals surface area contributed by atoms with Crippen molar-refractivity contribution in [2.24, 2.45) is 4.99 Å². The topological polar surface area (TPSA) is 35.9 Å². The van der Waals surface area contributed by atoms with E-state index in [0.717, 1.165) is 30.2 Å². The van der Waals surface area contributed by atoms with Crippen molar-refractivity contribution < 1.29 is 4.79 Å². The van der Waals surface area contributed by atoms with Crippen molar-refractivity contribution in [3.63, 3.8) is 0 Å². The molecule has 0 fully saturated rings. The number of anilines is 1. The maximum atomic E-state index is 13.6. The molecular weight excluding hydrogens is 382 g/mol. The van der Waals surface area contributed by atoms with Crippen LogP contribution in [0.5, 0.6) is 0 Å². The molecule has 4 heteroatoms. The Balaban J connectivity index is 1.70. The lowest BCUT2D eigenvalue weighted by atomic mass is 10.1. The number of hydrogen-bond donors (Lipinski definition) is 0. The first kappa shape index (κ1) is 20.9. The number of rotatable bonds is 7. The number of guanidine groups is 1. The fraction of sp³-hybridized carbons (Fsp3) is 0.259. The Bertz CT molecular complexity index is 1050. The molecule has 1 aliphatic rings. The molecule has 0 N–H and O–H groups in total. The van der Waals surface area contributed by atoms with Crippen LogP contribution in [0.3, 0.4) is 0 Å². The Morgan fingerprint density at radius 1 is 0.839 bits per heavy atom. The zero-order valence-electron chi connectivity index (χ0n) is 18.2. The van der Waals surface area contributed by atoms with Gasteiger partial charge in [0.2, 0.25) is 5.96 Å². The van der Waals surface area contributed by atoms with Gasteiger partial charge in [0.1, 0.15) is 6.04 Å². The second-order valence-corrected chi connectivity index (χ2v) is 7.83. The largest absolute Gasteiger partial charge is 0.338 e. The molecule has 1 heterocycles. The summed E-state index contributed by atoms with van der Waals surface area (Å²) in [6.07, 6.45) is 1.54. The van der Waals surface area contributed by atoms with Crippen molar-refractivity contribution in [2.45, 2.75) is 39.3 Å². The number of nitrogens with zero attached hydrogens (tertiary/aromatic N) is 3. The van der Waals surface area contributed by atoms with Crippen LogP contribution in [-0.4, -0.2) is 29.4 Å². The molecule has 3 aromatic carbocycles. The van der Waals surface area contributed by atoms with E-state index >= 15 is 0 Å². The van der Waals surface area contributed by atoms with Crippen molar-refractivity contribution >= 4 is 17.6 Å². The Hall–Kier alpha value is -3.40. The van der Waals surface area contributed by atoms with E-state index in [9.17, 15) is 4.79 Å². The van der Waals surface area contributed by atoms with Gasteiger partial charge in [0.25, 0.3) is 5.91 Å². The quantitative estimate of drug-likeness (QED) is 0.543.